The number of nitrogens with zero attached hydrogens (tertiary/aromatic N) is 1. The fourth-order valence-corrected chi connectivity index (χ4v) is 2.59. The van der Waals surface area contributed by atoms with Gasteiger partial charge >= 0.3 is 0 Å². The number of carbonyl (C=O) groups excluding carboxylic acids is 3. The minimum Gasteiger partial charge on any atom is -0.394 e. The van der Waals surface area contributed by atoms with E-state index < -0.39 is 0 Å². The normalized spacial score (nSPS) is 15.2. The Morgan fingerprint density at radius 3 is 2.33 bits per heavy atom. The number of aliphatic hydroxyl groups is 1. The van der Waals surface area contributed by atoms with E-state index >= 15 is 0 Å². The van der Waals surface area contributed by atoms with Crippen LogP contribution >= 0.6 is 0 Å². The van der Waals surface area contributed by atoms with E-state index in [2.05, 4.69) is 16.4 Å². The fourth-order valence-electron chi connectivity index (χ4n) is 2.59. The lowest BCUT2D eigenvalue weighted by molar-refractivity contribution is -0.119. The van der Waals surface area contributed by atoms with E-state index in [1.54, 1.807) is 12.0 Å². The first-order chi connectivity index (χ1) is 14.2. The molecule has 1 unspecified atom stereocenters. The second-order valence-electron chi connectivity index (χ2n) is 7.74. The van der Waals surface area contributed by atoms with E-state index in [0.29, 0.717) is 13.2 Å². The van der Waals surface area contributed by atoms with Crippen molar-refractivity contribution in [1.82, 2.24) is 10.2 Å². The van der Waals surface area contributed by atoms with Crippen molar-refractivity contribution in [3.8, 4) is 0 Å². The zero-order valence-corrected chi connectivity index (χ0v) is 18.4. The largest absolute Gasteiger partial charge is 0.394 e. The van der Waals surface area contributed by atoms with Gasteiger partial charge in [-0.2, -0.15) is 0 Å². The Kier molecular flexibility index (Phi) is 14.1. The molecule has 0 saturated carbocycles. The first-order valence-corrected chi connectivity index (χ1v) is 9.80. The molecule has 0 bridgehead atoms. The third-order valence-corrected chi connectivity index (χ3v) is 4.10. The van der Waals surface area contributed by atoms with Crippen LogP contribution < -0.4 is 16.4 Å². The Hall–Kier alpha value is -2.49. The van der Waals surface area contributed by atoms with Crippen LogP contribution in [0.25, 0.3) is 0 Å². The van der Waals surface area contributed by atoms with E-state index in [9.17, 15) is 9.59 Å². The second-order valence-corrected chi connectivity index (χ2v) is 7.74. The molecule has 30 heavy (non-hydrogen) atoms. The van der Waals surface area contributed by atoms with Crippen molar-refractivity contribution in [2.75, 3.05) is 32.1 Å². The lowest BCUT2D eigenvalue weighted by Gasteiger charge is -2.20. The van der Waals surface area contributed by atoms with E-state index in [1.807, 2.05) is 45.0 Å². The number of hydrogen-bond donors (Lipinski definition) is 4. The van der Waals surface area contributed by atoms with Crippen LogP contribution in [-0.2, 0) is 25.7 Å². The number of primary amides is 1. The molecule has 0 aromatic heterocycles. The van der Waals surface area contributed by atoms with Crippen LogP contribution in [0.1, 0.15) is 39.2 Å². The maximum absolute atomic E-state index is 11.7. The van der Waals surface area contributed by atoms with Crippen LogP contribution in [0.5, 0.6) is 0 Å². The first-order valence-electron chi connectivity index (χ1n) is 9.80. The van der Waals surface area contributed by atoms with Gasteiger partial charge in [-0.3, -0.25) is 14.4 Å². The summed E-state index contributed by atoms with van der Waals surface area (Å²) in [4.78, 5) is 32.1. The highest BCUT2D eigenvalue weighted by atomic mass is 16.5. The van der Waals surface area contributed by atoms with Crippen LogP contribution in [0, 0.1) is 0 Å². The SMILES string of the molecule is COCc1ccc(NC(=O)CNC(C)(C)C)cc1.NC=O.O=CN1CCCC1CO. The summed E-state index contributed by atoms with van der Waals surface area (Å²) in [6.07, 6.45) is 3.05. The van der Waals surface area contributed by atoms with Gasteiger partial charge in [0.1, 0.15) is 0 Å². The molecule has 5 N–H and O–H groups in total. The molecule has 0 aliphatic carbocycles. The van der Waals surface area contributed by atoms with Crippen molar-refractivity contribution in [3.63, 3.8) is 0 Å². The fraction of sp³-hybridized carbons (Fsp3) is 0.571. The Labute approximate surface area is 179 Å². The van der Waals surface area contributed by atoms with E-state index in [-0.39, 0.29) is 30.5 Å². The third-order valence-electron chi connectivity index (χ3n) is 4.10. The Morgan fingerprint density at radius 2 is 1.90 bits per heavy atom. The second kappa shape index (κ2) is 15.4. The maximum atomic E-state index is 11.7. The molecule has 1 saturated heterocycles. The predicted octanol–water partition coefficient (Wildman–Crippen LogP) is 0.861. The molecular formula is C21H36N4O5. The molecule has 1 aliphatic heterocycles. The van der Waals surface area contributed by atoms with Gasteiger partial charge < -0.3 is 31.1 Å². The topological polar surface area (TPSA) is 134 Å². The number of amides is 3. The molecule has 1 atom stereocenters. The molecule has 3 amide bonds. The Balaban J connectivity index is 0.000000581. The highest BCUT2D eigenvalue weighted by molar-refractivity contribution is 5.92. The summed E-state index contributed by atoms with van der Waals surface area (Å²) in [7, 11) is 1.66. The average molecular weight is 425 g/mol. The number of carbonyl (C=O) groups is 3. The number of hydrogen-bond acceptors (Lipinski definition) is 6. The van der Waals surface area contributed by atoms with Gasteiger partial charge in [0.25, 0.3) is 0 Å². The molecule has 9 heteroatoms. The van der Waals surface area contributed by atoms with Gasteiger partial charge in [0.2, 0.25) is 18.7 Å². The summed E-state index contributed by atoms with van der Waals surface area (Å²) in [5.74, 6) is -0.0376. The zero-order valence-electron chi connectivity index (χ0n) is 18.4. The number of benzene rings is 1. The summed E-state index contributed by atoms with van der Waals surface area (Å²) in [5, 5.41) is 14.7. The predicted molar refractivity (Wildman–Crippen MR) is 117 cm³/mol. The molecule has 1 aromatic rings. The standard InChI is InChI=1S/C14H22N2O2.C6H11NO2.CH3NO/c1-14(2,3)15-9-13(17)16-12-7-5-11(6-8-12)10-18-4;8-4-6-2-1-3-7(6)5-9;2-1-3/h5-8,15H,9-10H2,1-4H3,(H,16,17);5-6,8H,1-4H2;1H,(H2,2,3). The van der Waals surface area contributed by atoms with Crippen LogP contribution in [0.3, 0.4) is 0 Å². The van der Waals surface area contributed by atoms with Crippen LogP contribution in [-0.4, -0.2) is 67.1 Å². The van der Waals surface area contributed by atoms with E-state index in [0.717, 1.165) is 37.0 Å². The number of methoxy groups -OCH3 is 1. The van der Waals surface area contributed by atoms with Gasteiger partial charge in [0.15, 0.2) is 0 Å². The summed E-state index contributed by atoms with van der Waals surface area (Å²) in [6.45, 7) is 7.90. The highest BCUT2D eigenvalue weighted by Crippen LogP contribution is 2.13. The van der Waals surface area contributed by atoms with Gasteiger partial charge in [0, 0.05) is 24.9 Å². The highest BCUT2D eigenvalue weighted by Gasteiger charge is 2.21. The summed E-state index contributed by atoms with van der Waals surface area (Å²) >= 11 is 0. The molecule has 170 valence electrons. The quantitative estimate of drug-likeness (QED) is 0.480. The lowest BCUT2D eigenvalue weighted by atomic mass is 10.1. The number of nitrogens with two attached hydrogens (primary N) is 1. The molecule has 9 nitrogen and oxygen atoms in total. The van der Waals surface area contributed by atoms with Crippen molar-refractivity contribution in [3.05, 3.63) is 29.8 Å². The Bertz CT molecular complexity index is 617. The monoisotopic (exact) mass is 424 g/mol. The summed E-state index contributed by atoms with van der Waals surface area (Å²) in [6, 6.07) is 7.74. The van der Waals surface area contributed by atoms with Gasteiger partial charge in [-0.25, -0.2) is 0 Å². The average Bonchev–Trinajstić information content (AvgIpc) is 3.17. The molecule has 0 radical (unpaired) electrons. The number of anilines is 1. The third kappa shape index (κ3) is 12.9. The minimum absolute atomic E-state index is 0.0376. The van der Waals surface area contributed by atoms with Crippen molar-refractivity contribution < 1.29 is 24.2 Å². The van der Waals surface area contributed by atoms with Crippen molar-refractivity contribution in [2.45, 2.75) is 51.8 Å². The van der Waals surface area contributed by atoms with Gasteiger partial charge in [-0.1, -0.05) is 12.1 Å². The molecule has 1 fully saturated rings. The molecule has 1 heterocycles. The number of aliphatic hydroxyl groups excluding tert-OH is 1. The number of rotatable bonds is 7. The van der Waals surface area contributed by atoms with Crippen molar-refractivity contribution in [2.24, 2.45) is 5.73 Å². The summed E-state index contributed by atoms with van der Waals surface area (Å²) < 4.78 is 5.03. The van der Waals surface area contributed by atoms with E-state index in [4.69, 9.17) is 14.6 Å². The van der Waals surface area contributed by atoms with Gasteiger partial charge in [-0.15, -0.1) is 0 Å². The molecular weight excluding hydrogens is 388 g/mol. The van der Waals surface area contributed by atoms with Crippen molar-refractivity contribution >= 4 is 24.4 Å². The molecule has 2 rings (SSSR count). The number of ether oxygens (including phenoxy) is 1. The molecule has 0 spiro atoms. The van der Waals surface area contributed by atoms with E-state index in [1.165, 1.54) is 0 Å². The first kappa shape index (κ1) is 27.5. The molecule has 1 aromatic carbocycles. The van der Waals surface area contributed by atoms with Gasteiger partial charge in [-0.05, 0) is 51.3 Å². The van der Waals surface area contributed by atoms with Crippen LogP contribution in [0.2, 0.25) is 0 Å². The summed E-state index contributed by atoms with van der Waals surface area (Å²) in [5.41, 5.74) is 6.00. The smallest absolute Gasteiger partial charge is 0.238 e. The Morgan fingerprint density at radius 1 is 1.30 bits per heavy atom. The minimum atomic E-state index is -0.0559. The van der Waals surface area contributed by atoms with Gasteiger partial charge in [0.05, 0.1) is 25.8 Å². The van der Waals surface area contributed by atoms with Crippen LogP contribution in [0.4, 0.5) is 5.69 Å². The number of likely N-dealkylation sites (tertiary alicyclic amines) is 1. The van der Waals surface area contributed by atoms with Crippen LogP contribution in [0.15, 0.2) is 24.3 Å². The zero-order chi connectivity index (χ0) is 23.0. The molecule has 1 aliphatic rings. The number of nitrogens with one attached hydrogen (secondary N) is 2. The van der Waals surface area contributed by atoms with Crippen molar-refractivity contribution in [1.29, 1.82) is 0 Å². The maximum Gasteiger partial charge on any atom is 0.238 e. The lowest BCUT2D eigenvalue weighted by Crippen LogP contribution is -2.41.